The van der Waals surface area contributed by atoms with Gasteiger partial charge in [-0.05, 0) is 25.5 Å². The molecule has 0 saturated heterocycles. The molecule has 0 unspecified atom stereocenters. The third-order valence-electron chi connectivity index (χ3n) is 1.60. The highest BCUT2D eigenvalue weighted by Crippen LogP contribution is 2.00. The Labute approximate surface area is 72.5 Å². The Kier molecular flexibility index (Phi) is 6.28. The topological polar surface area (TPSA) is 75.7 Å². The highest BCUT2D eigenvalue weighted by molar-refractivity contribution is 5.72. The maximum atomic E-state index is 10.3. The third-order valence-corrected chi connectivity index (χ3v) is 1.60. The fraction of sp³-hybridized carbons (Fsp3) is 0.750. The summed E-state index contributed by atoms with van der Waals surface area (Å²) in [7, 11) is 1.73. The maximum absolute atomic E-state index is 10.3. The second kappa shape index (κ2) is 6.79. The molecule has 0 spiro atoms. The number of carboxylic acid groups (broad SMARTS) is 1. The number of unbranched alkanes of at least 4 members (excludes halogenated alkanes) is 2. The van der Waals surface area contributed by atoms with Crippen molar-refractivity contribution in [3.05, 3.63) is 0 Å². The highest BCUT2D eigenvalue weighted by atomic mass is 16.4. The van der Waals surface area contributed by atoms with Crippen LogP contribution in [0.4, 0.5) is 0 Å². The van der Waals surface area contributed by atoms with Crippen LogP contribution in [0.3, 0.4) is 0 Å². The number of nitrogens with zero attached hydrogens (tertiary/aromatic N) is 1. The first-order valence-electron chi connectivity index (χ1n) is 4.07. The number of aliphatic imine (C=N–C) groups is 1. The van der Waals surface area contributed by atoms with Crippen LogP contribution in [0.1, 0.15) is 25.7 Å². The van der Waals surface area contributed by atoms with Gasteiger partial charge in [0.05, 0.1) is 0 Å². The number of hydrogen-bond donors (Lipinski definition) is 2. The van der Waals surface area contributed by atoms with E-state index in [1.54, 1.807) is 7.05 Å². The molecule has 0 aromatic heterocycles. The zero-order valence-corrected chi connectivity index (χ0v) is 7.36. The van der Waals surface area contributed by atoms with E-state index in [1.165, 1.54) is 0 Å². The summed E-state index contributed by atoms with van der Waals surface area (Å²) in [6, 6.07) is -0.705. The van der Waals surface area contributed by atoms with Crippen LogP contribution in [0.25, 0.3) is 0 Å². The van der Waals surface area contributed by atoms with Crippen molar-refractivity contribution in [3.8, 4) is 0 Å². The van der Waals surface area contributed by atoms with Gasteiger partial charge in [0.2, 0.25) is 0 Å². The molecule has 4 heteroatoms. The van der Waals surface area contributed by atoms with E-state index in [9.17, 15) is 4.79 Å². The van der Waals surface area contributed by atoms with Crippen LogP contribution in [0.15, 0.2) is 4.99 Å². The predicted octanol–water partition coefficient (Wildman–Crippen LogP) is 0.659. The first-order chi connectivity index (χ1) is 5.68. The lowest BCUT2D eigenvalue weighted by molar-refractivity contribution is -0.138. The molecule has 0 heterocycles. The number of rotatable bonds is 6. The van der Waals surface area contributed by atoms with Crippen LogP contribution < -0.4 is 5.73 Å². The van der Waals surface area contributed by atoms with Crippen molar-refractivity contribution in [3.63, 3.8) is 0 Å². The summed E-state index contributed by atoms with van der Waals surface area (Å²) < 4.78 is 0. The monoisotopic (exact) mass is 172 g/mol. The first kappa shape index (κ1) is 11.1. The van der Waals surface area contributed by atoms with Gasteiger partial charge in [0.15, 0.2) is 0 Å². The quantitative estimate of drug-likeness (QED) is 0.456. The molecule has 0 aliphatic rings. The van der Waals surface area contributed by atoms with Crippen molar-refractivity contribution >= 4 is 12.2 Å². The molecule has 0 rings (SSSR count). The predicted molar refractivity (Wildman–Crippen MR) is 48.5 cm³/mol. The number of carboxylic acids is 1. The van der Waals surface area contributed by atoms with Crippen molar-refractivity contribution in [2.45, 2.75) is 31.7 Å². The fourth-order valence-corrected chi connectivity index (χ4v) is 0.852. The van der Waals surface area contributed by atoms with E-state index >= 15 is 0 Å². The van der Waals surface area contributed by atoms with Gasteiger partial charge < -0.3 is 15.8 Å². The van der Waals surface area contributed by atoms with Gasteiger partial charge in [-0.3, -0.25) is 4.79 Å². The van der Waals surface area contributed by atoms with Gasteiger partial charge in [-0.2, -0.15) is 0 Å². The molecule has 0 radical (unpaired) electrons. The molecule has 0 aromatic carbocycles. The van der Waals surface area contributed by atoms with Crippen LogP contribution in [-0.4, -0.2) is 30.4 Å². The molecular weight excluding hydrogens is 156 g/mol. The van der Waals surface area contributed by atoms with Crippen molar-refractivity contribution in [2.24, 2.45) is 10.7 Å². The summed E-state index contributed by atoms with van der Waals surface area (Å²) in [6.07, 6.45) is 5.08. The second-order valence-corrected chi connectivity index (χ2v) is 2.67. The van der Waals surface area contributed by atoms with Gasteiger partial charge in [0, 0.05) is 7.05 Å². The minimum Gasteiger partial charge on any atom is -0.480 e. The summed E-state index contributed by atoms with van der Waals surface area (Å²) in [4.78, 5) is 14.1. The van der Waals surface area contributed by atoms with Crippen molar-refractivity contribution in [1.29, 1.82) is 0 Å². The zero-order chi connectivity index (χ0) is 9.40. The normalized spacial score (nSPS) is 13.5. The van der Waals surface area contributed by atoms with Crippen LogP contribution in [-0.2, 0) is 4.79 Å². The number of hydrogen-bond acceptors (Lipinski definition) is 3. The van der Waals surface area contributed by atoms with Crippen molar-refractivity contribution in [2.75, 3.05) is 7.05 Å². The summed E-state index contributed by atoms with van der Waals surface area (Å²) in [5.41, 5.74) is 5.30. The van der Waals surface area contributed by atoms with E-state index in [-0.39, 0.29) is 0 Å². The Balaban J connectivity index is 3.25. The first-order valence-corrected chi connectivity index (χ1v) is 4.07. The van der Waals surface area contributed by atoms with E-state index < -0.39 is 12.0 Å². The smallest absolute Gasteiger partial charge is 0.320 e. The maximum Gasteiger partial charge on any atom is 0.320 e. The Morgan fingerprint density at radius 3 is 2.83 bits per heavy atom. The lowest BCUT2D eigenvalue weighted by Crippen LogP contribution is -2.29. The Morgan fingerprint density at radius 2 is 2.33 bits per heavy atom. The molecule has 1 atom stereocenters. The Bertz CT molecular complexity index is 157. The van der Waals surface area contributed by atoms with Gasteiger partial charge >= 0.3 is 5.97 Å². The molecule has 12 heavy (non-hydrogen) atoms. The number of nitrogens with two attached hydrogens (primary N) is 1. The molecule has 70 valence electrons. The third kappa shape index (κ3) is 5.85. The van der Waals surface area contributed by atoms with Gasteiger partial charge in [0.25, 0.3) is 0 Å². The fourth-order valence-electron chi connectivity index (χ4n) is 0.852. The van der Waals surface area contributed by atoms with E-state index in [2.05, 4.69) is 4.99 Å². The van der Waals surface area contributed by atoms with Crippen LogP contribution in [0.2, 0.25) is 0 Å². The Hall–Kier alpha value is -0.900. The molecule has 0 aromatic rings. The summed E-state index contributed by atoms with van der Waals surface area (Å²) in [5.74, 6) is -0.917. The number of aliphatic carboxylic acids is 1. The molecule has 0 aliphatic heterocycles. The average Bonchev–Trinajstić information content (AvgIpc) is 2.03. The molecule has 0 saturated carbocycles. The summed E-state index contributed by atoms with van der Waals surface area (Å²) >= 11 is 0. The minimum absolute atomic E-state index is 0.548. The molecule has 4 nitrogen and oxygen atoms in total. The lowest BCUT2D eigenvalue weighted by Gasteiger charge is -2.03. The average molecular weight is 172 g/mol. The molecular formula is C8H16N2O2. The van der Waals surface area contributed by atoms with Crippen LogP contribution in [0, 0.1) is 0 Å². The summed E-state index contributed by atoms with van der Waals surface area (Å²) in [6.45, 7) is 0. The van der Waals surface area contributed by atoms with Crippen molar-refractivity contribution < 1.29 is 9.90 Å². The molecule has 3 N–H and O–H groups in total. The minimum atomic E-state index is -0.917. The van der Waals surface area contributed by atoms with E-state index in [0.29, 0.717) is 6.42 Å². The molecule has 0 fully saturated rings. The summed E-state index contributed by atoms with van der Waals surface area (Å²) in [5, 5.41) is 8.43. The van der Waals surface area contributed by atoms with E-state index in [4.69, 9.17) is 10.8 Å². The second-order valence-electron chi connectivity index (χ2n) is 2.67. The van der Waals surface area contributed by atoms with E-state index in [0.717, 1.165) is 19.3 Å². The molecule has 0 amide bonds. The van der Waals surface area contributed by atoms with E-state index in [1.807, 2.05) is 6.21 Å². The van der Waals surface area contributed by atoms with Crippen molar-refractivity contribution in [1.82, 2.24) is 0 Å². The van der Waals surface area contributed by atoms with Gasteiger partial charge in [-0.15, -0.1) is 0 Å². The van der Waals surface area contributed by atoms with Crippen LogP contribution in [0.5, 0.6) is 0 Å². The van der Waals surface area contributed by atoms with Gasteiger partial charge in [-0.25, -0.2) is 0 Å². The van der Waals surface area contributed by atoms with Gasteiger partial charge in [-0.1, -0.05) is 6.42 Å². The highest BCUT2D eigenvalue weighted by Gasteiger charge is 2.09. The largest absolute Gasteiger partial charge is 0.480 e. The zero-order valence-electron chi connectivity index (χ0n) is 7.36. The SMILES string of the molecule is CN=CCCCC[C@@H](N)C(=O)O. The number of carbonyl (C=O) groups is 1. The van der Waals surface area contributed by atoms with Gasteiger partial charge in [0.1, 0.15) is 6.04 Å². The standard InChI is InChI=1S/C8H16N2O2/c1-10-6-4-2-3-5-7(9)8(11)12/h6-7H,2-5,9H2,1H3,(H,11,12)/t7-/m1/s1. The molecule has 0 bridgehead atoms. The van der Waals surface area contributed by atoms with Crippen LogP contribution >= 0.6 is 0 Å². The molecule has 0 aliphatic carbocycles. The lowest BCUT2D eigenvalue weighted by atomic mass is 10.1. The Morgan fingerprint density at radius 1 is 1.67 bits per heavy atom.